The Morgan fingerprint density at radius 1 is 0.957 bits per heavy atom. The molecule has 3 aliphatic rings. The number of nitrogens with zero attached hydrogens (tertiary/aromatic N) is 3. The van der Waals surface area contributed by atoms with Crippen LogP contribution in [0.15, 0.2) is 156 Å². The lowest BCUT2D eigenvalue weighted by Crippen LogP contribution is -2.70. The van der Waals surface area contributed by atoms with Crippen LogP contribution in [0.4, 0.5) is 5.69 Å². The molecule has 69 heavy (non-hydrogen) atoms. The summed E-state index contributed by atoms with van der Waals surface area (Å²) in [6, 6.07) is 35.7. The number of aliphatic hydroxyl groups excluding tert-OH is 2. The number of nitro groups is 1. The summed E-state index contributed by atoms with van der Waals surface area (Å²) in [5.74, 6) is -0.330. The van der Waals surface area contributed by atoms with Gasteiger partial charge in [-0.3, -0.25) is 14.9 Å². The molecule has 5 aromatic rings. The number of benzene rings is 5. The molecule has 1 fully saturated rings. The second kappa shape index (κ2) is 23.4. The molecule has 1 aliphatic heterocycles. The van der Waals surface area contributed by atoms with E-state index in [1.807, 2.05) is 59.5 Å². The van der Waals surface area contributed by atoms with Crippen LogP contribution in [0, 0.1) is 27.9 Å². The number of fused-ring (bicyclic) bond motifs is 3. The maximum Gasteiger partial charge on any atom is 0.269 e. The highest BCUT2D eigenvalue weighted by atomic mass is 32.2. The van der Waals surface area contributed by atoms with Gasteiger partial charge in [-0.15, -0.1) is 18.3 Å². The molecule has 6 atom stereocenters. The highest BCUT2D eigenvalue weighted by Crippen LogP contribution is 2.62. The third-order valence-corrected chi connectivity index (χ3v) is 14.6. The Bertz CT molecular complexity index is 2650. The van der Waals surface area contributed by atoms with Gasteiger partial charge in [0.1, 0.15) is 24.7 Å². The van der Waals surface area contributed by atoms with Crippen LogP contribution in [-0.2, 0) is 20.9 Å². The highest BCUT2D eigenvalue weighted by molar-refractivity contribution is 7.99. The van der Waals surface area contributed by atoms with Gasteiger partial charge in [0, 0.05) is 66.5 Å². The summed E-state index contributed by atoms with van der Waals surface area (Å²) in [6.07, 6.45) is 12.0. The average Bonchev–Trinajstić information content (AvgIpc) is 3.37. The van der Waals surface area contributed by atoms with E-state index in [4.69, 9.17) is 24.2 Å². The average molecular weight is 952 g/mol. The van der Waals surface area contributed by atoms with Crippen molar-refractivity contribution in [1.29, 1.82) is 0 Å². The predicted octanol–water partition coefficient (Wildman–Crippen LogP) is 10.9. The maximum absolute atomic E-state index is 15.3. The maximum atomic E-state index is 15.3. The predicted molar refractivity (Wildman–Crippen MR) is 271 cm³/mol. The first kappa shape index (κ1) is 49.2. The molecule has 0 bridgehead atoms. The number of amides is 1. The lowest BCUT2D eigenvalue weighted by Gasteiger charge is -2.60. The second-order valence-corrected chi connectivity index (χ2v) is 18.9. The molecule has 1 amide bonds. The van der Waals surface area contributed by atoms with Crippen LogP contribution in [-0.4, -0.2) is 82.8 Å². The summed E-state index contributed by atoms with van der Waals surface area (Å²) >= 11 is 1.73. The number of carbonyl (C=O) groups is 1. The van der Waals surface area contributed by atoms with Crippen LogP contribution >= 0.6 is 11.8 Å². The molecular formula is C56H61N3O9S. The summed E-state index contributed by atoms with van der Waals surface area (Å²) in [7, 11) is 1.54. The zero-order valence-electron chi connectivity index (χ0n) is 39.1. The van der Waals surface area contributed by atoms with E-state index in [0.29, 0.717) is 36.5 Å². The largest absolute Gasteiger partial charge is 0.493 e. The normalized spacial score (nSPS) is 22.0. The van der Waals surface area contributed by atoms with Crippen molar-refractivity contribution >= 4 is 45.9 Å². The van der Waals surface area contributed by atoms with Crippen molar-refractivity contribution in [2.24, 2.45) is 22.9 Å². The van der Waals surface area contributed by atoms with Crippen molar-refractivity contribution in [2.45, 2.75) is 74.1 Å². The fourth-order valence-corrected chi connectivity index (χ4v) is 11.4. The molecule has 8 rings (SSSR count). The second-order valence-electron chi connectivity index (χ2n) is 17.8. The fourth-order valence-electron chi connectivity index (χ4n) is 10.6. The quantitative estimate of drug-likeness (QED) is 0.0162. The van der Waals surface area contributed by atoms with Crippen molar-refractivity contribution in [3.05, 3.63) is 172 Å². The zero-order chi connectivity index (χ0) is 48.2. The first-order valence-corrected chi connectivity index (χ1v) is 24.9. The van der Waals surface area contributed by atoms with E-state index in [1.54, 1.807) is 36.0 Å². The Morgan fingerprint density at radius 2 is 1.71 bits per heavy atom. The van der Waals surface area contributed by atoms with E-state index in [1.165, 1.54) is 30.2 Å². The van der Waals surface area contributed by atoms with Gasteiger partial charge in [-0.05, 0) is 114 Å². The molecule has 0 spiro atoms. The SMILES string of the molecule is C=CCOC12Oc3ccc(OCCSc4ccccc4)cc3C3C(CCCCO)C(CCCCO)C=C(C(=NOC)CC1N(Cc1cccc4ccccc14)C(=O)C=Cc1ccc([N+](=O)[O-])cc1)C32. The van der Waals surface area contributed by atoms with E-state index < -0.39 is 22.7 Å². The molecule has 13 heteroatoms. The van der Waals surface area contributed by atoms with E-state index in [-0.39, 0.29) is 62.1 Å². The Balaban J connectivity index is 1.29. The number of unbranched alkanes of at least 4 members (excludes halogenated alkanes) is 2. The number of rotatable bonds is 23. The first-order valence-electron chi connectivity index (χ1n) is 23.9. The number of aliphatic hydroxyl groups is 2. The summed E-state index contributed by atoms with van der Waals surface area (Å²) in [5, 5.41) is 38.3. The summed E-state index contributed by atoms with van der Waals surface area (Å²) < 4.78 is 21.2. The number of carbonyl (C=O) groups excluding carboxylic acids is 1. The molecule has 0 radical (unpaired) electrons. The molecule has 1 heterocycles. The standard InChI is InChI=1S/C56H61N3O9S/c1-3-32-67-56-52(58(38-42-17-13-16-40-14-7-8-20-46(40)42)53(62)29-24-39-22-25-43(26-23-39)59(63)64)37-50(57-65-2)48-35-41(15-9-11-30-60)47(21-10-12-31-61)54(55(48)56)49-36-44(27-28-51(49)68-56)66-33-34-69-45-18-5-4-6-19-45/h3-8,13-14,16-20,22-29,35-36,41,47,52,54-55,60-61H,1,9-12,15,21,30-34,37-38H2,2H3. The van der Waals surface area contributed by atoms with Crippen LogP contribution in [0.25, 0.3) is 16.8 Å². The third kappa shape index (κ3) is 11.1. The van der Waals surface area contributed by atoms with Gasteiger partial charge in [0.2, 0.25) is 11.7 Å². The topological polar surface area (TPSA) is 153 Å². The molecule has 360 valence electrons. The van der Waals surface area contributed by atoms with E-state index in [9.17, 15) is 20.3 Å². The molecule has 6 unspecified atom stereocenters. The lowest BCUT2D eigenvalue weighted by molar-refractivity contribution is -0.384. The molecule has 2 aliphatic carbocycles. The molecule has 1 saturated carbocycles. The molecule has 0 saturated heterocycles. The Morgan fingerprint density at radius 3 is 2.46 bits per heavy atom. The number of oxime groups is 1. The molecule has 0 aromatic heterocycles. The molecular weight excluding hydrogens is 891 g/mol. The van der Waals surface area contributed by atoms with Crippen LogP contribution in [0.5, 0.6) is 11.5 Å². The number of thioether (sulfide) groups is 1. The minimum atomic E-state index is -1.48. The van der Waals surface area contributed by atoms with Gasteiger partial charge in [-0.1, -0.05) is 90.8 Å². The van der Waals surface area contributed by atoms with Crippen LogP contribution < -0.4 is 9.47 Å². The van der Waals surface area contributed by atoms with Crippen molar-refractivity contribution in [1.82, 2.24) is 4.90 Å². The highest BCUT2D eigenvalue weighted by Gasteiger charge is 2.65. The number of non-ortho nitro benzene ring substituents is 1. The van der Waals surface area contributed by atoms with Crippen molar-refractivity contribution < 1.29 is 39.0 Å². The number of nitro benzene ring substituents is 1. The summed E-state index contributed by atoms with van der Waals surface area (Å²) in [4.78, 5) is 35.0. The van der Waals surface area contributed by atoms with Gasteiger partial charge in [-0.2, -0.15) is 0 Å². The number of ether oxygens (including phenoxy) is 3. The molecule has 12 nitrogen and oxygen atoms in total. The van der Waals surface area contributed by atoms with Gasteiger partial charge < -0.3 is 34.2 Å². The van der Waals surface area contributed by atoms with Gasteiger partial charge in [0.05, 0.1) is 29.8 Å². The summed E-state index contributed by atoms with van der Waals surface area (Å²) in [6.45, 7) is 5.03. The van der Waals surface area contributed by atoms with Crippen LogP contribution in [0.3, 0.4) is 0 Å². The van der Waals surface area contributed by atoms with Crippen molar-refractivity contribution in [3.63, 3.8) is 0 Å². The van der Waals surface area contributed by atoms with Crippen molar-refractivity contribution in [2.75, 3.05) is 39.3 Å². The fraction of sp³-hybridized carbons (Fsp3) is 0.357. The summed E-state index contributed by atoms with van der Waals surface area (Å²) in [5.41, 5.74) is 4.09. The number of hydrogen-bond donors (Lipinski definition) is 2. The minimum absolute atomic E-state index is 0.0361. The Labute approximate surface area is 408 Å². The smallest absolute Gasteiger partial charge is 0.269 e. The zero-order valence-corrected chi connectivity index (χ0v) is 39.9. The molecule has 2 N–H and O–H groups in total. The molecule has 5 aromatic carbocycles. The van der Waals surface area contributed by atoms with E-state index >= 15 is 4.79 Å². The van der Waals surface area contributed by atoms with Gasteiger partial charge in [0.25, 0.3) is 5.69 Å². The number of allylic oxidation sites excluding steroid dienone is 1. The first-order chi connectivity index (χ1) is 33.8. The Kier molecular flexibility index (Phi) is 16.7. The van der Waals surface area contributed by atoms with Gasteiger partial charge in [0.15, 0.2) is 0 Å². The van der Waals surface area contributed by atoms with E-state index in [2.05, 4.69) is 49.1 Å². The monoisotopic (exact) mass is 951 g/mol. The Hall–Kier alpha value is -6.25. The lowest BCUT2D eigenvalue weighted by atomic mass is 9.55. The van der Waals surface area contributed by atoms with Crippen LogP contribution in [0.1, 0.15) is 67.6 Å². The third-order valence-electron chi connectivity index (χ3n) is 13.6. The van der Waals surface area contributed by atoms with Crippen LogP contribution in [0.2, 0.25) is 0 Å². The van der Waals surface area contributed by atoms with Crippen molar-refractivity contribution in [3.8, 4) is 11.5 Å². The van der Waals surface area contributed by atoms with Gasteiger partial charge >= 0.3 is 0 Å². The minimum Gasteiger partial charge on any atom is -0.493 e. The van der Waals surface area contributed by atoms with Gasteiger partial charge in [-0.25, -0.2) is 0 Å². The number of hydrogen-bond acceptors (Lipinski definition) is 11. The van der Waals surface area contributed by atoms with E-state index in [0.717, 1.165) is 64.7 Å².